The molecule has 0 atom stereocenters. The average molecular weight is 117 g/mol. The quantitative estimate of drug-likeness (QED) is 0.363. The standard InChI is InChI=1S/C5H12NP/c1-6-5-7(2,3)4/h5H,2H2,1,3-4H3. The molecule has 0 fully saturated rings. The number of rotatable bonds is 1. The van der Waals surface area contributed by atoms with Gasteiger partial charge >= 0.3 is 0 Å². The Hall–Kier alpha value is -0.0300. The van der Waals surface area contributed by atoms with Crippen LogP contribution in [0.15, 0.2) is 4.99 Å². The summed E-state index contributed by atoms with van der Waals surface area (Å²) in [5.74, 6) is 1.94. The lowest BCUT2D eigenvalue weighted by molar-refractivity contribution is 1.49. The van der Waals surface area contributed by atoms with E-state index in [-0.39, 0.29) is 0 Å². The van der Waals surface area contributed by atoms with Crippen LogP contribution in [0.2, 0.25) is 0 Å². The monoisotopic (exact) mass is 117 g/mol. The Morgan fingerprint density at radius 3 is 2.00 bits per heavy atom. The summed E-state index contributed by atoms with van der Waals surface area (Å²) in [6.45, 7) is 3.29. The van der Waals surface area contributed by atoms with Crippen LogP contribution in [-0.2, 0) is 0 Å². The summed E-state index contributed by atoms with van der Waals surface area (Å²) in [4.78, 5) is 3.87. The fourth-order valence-corrected chi connectivity index (χ4v) is 0.938. The third kappa shape index (κ3) is 5.97. The highest BCUT2D eigenvalue weighted by Gasteiger charge is 1.87. The molecule has 0 radical (unpaired) electrons. The minimum absolute atomic E-state index is 0.957. The second kappa shape index (κ2) is 2.32. The maximum absolute atomic E-state index is 3.92. The summed E-state index contributed by atoms with van der Waals surface area (Å²) in [5.41, 5.74) is 0. The first-order chi connectivity index (χ1) is 3.06. The number of hydrogen-bond acceptors (Lipinski definition) is 1. The highest BCUT2D eigenvalue weighted by atomic mass is 31.2. The van der Waals surface area contributed by atoms with Gasteiger partial charge in [0.15, 0.2) is 0 Å². The van der Waals surface area contributed by atoms with Crippen LogP contribution in [-0.4, -0.2) is 32.6 Å². The molecule has 1 nitrogen and oxygen atoms in total. The van der Waals surface area contributed by atoms with Crippen molar-refractivity contribution in [3.63, 3.8) is 0 Å². The lowest BCUT2D eigenvalue weighted by Gasteiger charge is -1.99. The highest BCUT2D eigenvalue weighted by Crippen LogP contribution is 2.30. The molecule has 0 N–H and O–H groups in total. The van der Waals surface area contributed by atoms with Crippen molar-refractivity contribution in [1.82, 2.24) is 0 Å². The number of aliphatic imine (C=N–C) groups is 1. The van der Waals surface area contributed by atoms with Gasteiger partial charge in [-0.05, 0) is 13.3 Å². The third-order valence-corrected chi connectivity index (χ3v) is 1.28. The fourth-order valence-electron chi connectivity index (χ4n) is 0.313. The normalized spacial score (nSPS) is 13.0. The highest BCUT2D eigenvalue weighted by molar-refractivity contribution is 7.85. The topological polar surface area (TPSA) is 12.4 Å². The molecular weight excluding hydrogens is 105 g/mol. The third-order valence-electron chi connectivity index (χ3n) is 0.428. The molecule has 0 saturated heterocycles. The fraction of sp³-hybridized carbons (Fsp3) is 0.600. The first-order valence-electron chi connectivity index (χ1n) is 2.17. The summed E-state index contributed by atoms with van der Waals surface area (Å²) in [6.07, 6.45) is 3.92. The maximum Gasteiger partial charge on any atom is 0.0277 e. The molecule has 0 aromatic heterocycles. The number of nitrogens with zero attached hydrogens (tertiary/aromatic N) is 1. The predicted molar refractivity (Wildman–Crippen MR) is 40.3 cm³/mol. The molecule has 42 valence electrons. The zero-order chi connectivity index (χ0) is 5.91. The average Bonchev–Trinajstić information content (AvgIpc) is 1.30. The van der Waals surface area contributed by atoms with Gasteiger partial charge in [-0.2, -0.15) is 0 Å². The summed E-state index contributed by atoms with van der Waals surface area (Å²) < 4.78 is 0. The Balaban J connectivity index is 3.82. The van der Waals surface area contributed by atoms with E-state index in [0.717, 1.165) is 0 Å². The van der Waals surface area contributed by atoms with Gasteiger partial charge < -0.3 is 0 Å². The van der Waals surface area contributed by atoms with Gasteiger partial charge in [0, 0.05) is 13.0 Å². The van der Waals surface area contributed by atoms with E-state index in [1.807, 2.05) is 5.96 Å². The second-order valence-corrected chi connectivity index (χ2v) is 5.94. The van der Waals surface area contributed by atoms with E-state index in [2.05, 4.69) is 24.6 Å². The molecule has 0 heterocycles. The van der Waals surface area contributed by atoms with Crippen molar-refractivity contribution in [3.05, 3.63) is 0 Å². The summed E-state index contributed by atoms with van der Waals surface area (Å²) in [5, 5.41) is 0. The lowest BCUT2D eigenvalue weighted by atomic mass is 11.4. The van der Waals surface area contributed by atoms with Gasteiger partial charge in [0.1, 0.15) is 0 Å². The van der Waals surface area contributed by atoms with Crippen LogP contribution < -0.4 is 0 Å². The molecule has 0 aliphatic rings. The van der Waals surface area contributed by atoms with Crippen LogP contribution in [0.4, 0.5) is 0 Å². The van der Waals surface area contributed by atoms with Crippen LogP contribution in [0.25, 0.3) is 0 Å². The van der Waals surface area contributed by atoms with Crippen LogP contribution in [0, 0.1) is 0 Å². The van der Waals surface area contributed by atoms with Crippen molar-refractivity contribution in [2.45, 2.75) is 0 Å². The van der Waals surface area contributed by atoms with E-state index in [0.29, 0.717) is 0 Å². The van der Waals surface area contributed by atoms with E-state index < -0.39 is 6.89 Å². The lowest BCUT2D eigenvalue weighted by Crippen LogP contribution is -1.73. The second-order valence-electron chi connectivity index (χ2n) is 2.15. The Labute approximate surface area is 45.4 Å². The van der Waals surface area contributed by atoms with E-state index in [1.54, 1.807) is 7.05 Å². The predicted octanol–water partition coefficient (Wildman–Crippen LogP) is 1.35. The van der Waals surface area contributed by atoms with Gasteiger partial charge in [-0.15, -0.1) is 0 Å². The molecule has 0 unspecified atom stereocenters. The zero-order valence-corrected chi connectivity index (χ0v) is 6.07. The molecule has 0 spiro atoms. The van der Waals surface area contributed by atoms with E-state index >= 15 is 0 Å². The Kier molecular flexibility index (Phi) is 2.31. The van der Waals surface area contributed by atoms with Crippen LogP contribution >= 0.6 is 6.89 Å². The summed E-state index contributed by atoms with van der Waals surface area (Å²) in [6, 6.07) is 0. The van der Waals surface area contributed by atoms with Crippen LogP contribution in [0.1, 0.15) is 0 Å². The van der Waals surface area contributed by atoms with E-state index in [4.69, 9.17) is 0 Å². The van der Waals surface area contributed by atoms with E-state index in [9.17, 15) is 0 Å². The van der Waals surface area contributed by atoms with Gasteiger partial charge in [-0.25, -0.2) is 0 Å². The van der Waals surface area contributed by atoms with Gasteiger partial charge in [0.25, 0.3) is 0 Å². The van der Waals surface area contributed by atoms with Gasteiger partial charge in [-0.1, -0.05) is 13.2 Å². The Bertz CT molecular complexity index is 109. The van der Waals surface area contributed by atoms with Crippen molar-refractivity contribution >= 4 is 19.1 Å². The first-order valence-corrected chi connectivity index (χ1v) is 5.11. The first kappa shape index (κ1) is 6.97. The molecule has 0 bridgehead atoms. The molecule has 0 aliphatic carbocycles. The van der Waals surface area contributed by atoms with E-state index in [1.165, 1.54) is 0 Å². The minimum Gasteiger partial charge on any atom is -0.296 e. The molecule has 2 heteroatoms. The maximum atomic E-state index is 3.92. The zero-order valence-electron chi connectivity index (χ0n) is 5.18. The van der Waals surface area contributed by atoms with Crippen molar-refractivity contribution in [2.24, 2.45) is 4.99 Å². The molecule has 7 heavy (non-hydrogen) atoms. The van der Waals surface area contributed by atoms with Gasteiger partial charge in [0.05, 0.1) is 0 Å². The smallest absolute Gasteiger partial charge is 0.0277 e. The molecule has 0 saturated carbocycles. The summed E-state index contributed by atoms with van der Waals surface area (Å²) in [7, 11) is 1.78. The van der Waals surface area contributed by atoms with Gasteiger partial charge in [0.2, 0.25) is 0 Å². The Morgan fingerprint density at radius 1 is 1.57 bits per heavy atom. The van der Waals surface area contributed by atoms with Crippen molar-refractivity contribution < 1.29 is 0 Å². The SMILES string of the molecule is C=P(C)(C)C=NC. The molecule has 0 aromatic rings. The van der Waals surface area contributed by atoms with Crippen molar-refractivity contribution in [1.29, 1.82) is 0 Å². The molecular formula is C5H12NP. The molecule has 0 amide bonds. The Morgan fingerprint density at radius 2 is 2.00 bits per heavy atom. The molecule has 0 rings (SSSR count). The van der Waals surface area contributed by atoms with Crippen LogP contribution in [0.3, 0.4) is 0 Å². The van der Waals surface area contributed by atoms with Crippen molar-refractivity contribution in [2.75, 3.05) is 20.4 Å². The molecule has 0 aromatic carbocycles. The van der Waals surface area contributed by atoms with Crippen molar-refractivity contribution in [3.8, 4) is 0 Å². The minimum atomic E-state index is -0.957. The number of hydrogen-bond donors (Lipinski definition) is 0. The largest absolute Gasteiger partial charge is 0.296 e. The van der Waals surface area contributed by atoms with Gasteiger partial charge in [-0.3, -0.25) is 4.99 Å². The molecule has 0 aliphatic heterocycles. The van der Waals surface area contributed by atoms with Crippen LogP contribution in [0.5, 0.6) is 0 Å². The summed E-state index contributed by atoms with van der Waals surface area (Å²) >= 11 is 0.